The van der Waals surface area contributed by atoms with Gasteiger partial charge in [0.15, 0.2) is 17.2 Å². The molecule has 0 radical (unpaired) electrons. The Kier molecular flexibility index (Phi) is 7.12. The van der Waals surface area contributed by atoms with E-state index in [1.807, 2.05) is 61.5 Å². The number of hydrogen-bond acceptors (Lipinski definition) is 5. The van der Waals surface area contributed by atoms with Gasteiger partial charge in [-0.05, 0) is 71.5 Å². The summed E-state index contributed by atoms with van der Waals surface area (Å²) in [4.78, 5) is 16.7. The summed E-state index contributed by atoms with van der Waals surface area (Å²) in [5, 5.41) is 0.382. The quantitative estimate of drug-likeness (QED) is 0.195. The first-order chi connectivity index (χ1) is 15.5. The molecule has 3 aromatic rings. The normalized spacial score (nSPS) is 14.3. The summed E-state index contributed by atoms with van der Waals surface area (Å²) in [6, 6.07) is 20.7. The van der Waals surface area contributed by atoms with Crippen LogP contribution in [0.1, 0.15) is 23.6 Å². The molecular weight excluding hydrogens is 541 g/mol. The molecule has 1 aliphatic rings. The molecule has 0 saturated heterocycles. The Labute approximate surface area is 204 Å². The largest absolute Gasteiger partial charge is 0.490 e. The van der Waals surface area contributed by atoms with Crippen molar-refractivity contribution < 1.29 is 19.0 Å². The fourth-order valence-corrected chi connectivity index (χ4v) is 3.93. The first-order valence-corrected chi connectivity index (χ1v) is 11.4. The highest BCUT2D eigenvalue weighted by Crippen LogP contribution is 2.38. The number of cyclic esters (lactones) is 1. The molecule has 7 heteroatoms. The van der Waals surface area contributed by atoms with Crippen LogP contribution < -0.4 is 9.47 Å². The Hall–Kier alpha value is -2.84. The average Bonchev–Trinajstić information content (AvgIpc) is 3.15. The third-order valence-electron chi connectivity index (χ3n) is 4.61. The van der Waals surface area contributed by atoms with Gasteiger partial charge in [-0.2, -0.15) is 0 Å². The predicted molar refractivity (Wildman–Crippen MR) is 133 cm³/mol. The topological polar surface area (TPSA) is 57.1 Å². The summed E-state index contributed by atoms with van der Waals surface area (Å²) in [5.74, 6) is 0.710. The molecule has 1 aliphatic heterocycles. The lowest BCUT2D eigenvalue weighted by Gasteiger charge is -2.15. The van der Waals surface area contributed by atoms with Crippen molar-refractivity contribution >= 4 is 52.1 Å². The molecule has 5 nitrogen and oxygen atoms in total. The highest BCUT2D eigenvalue weighted by Gasteiger charge is 2.24. The van der Waals surface area contributed by atoms with Crippen LogP contribution in [0.3, 0.4) is 0 Å². The Morgan fingerprint density at radius 2 is 1.81 bits per heavy atom. The number of rotatable bonds is 7. The zero-order chi connectivity index (χ0) is 22.5. The lowest BCUT2D eigenvalue weighted by Crippen LogP contribution is -2.05. The molecule has 0 aromatic heterocycles. The van der Waals surface area contributed by atoms with Crippen LogP contribution in [0.4, 0.5) is 0 Å². The fourth-order valence-electron chi connectivity index (χ4n) is 3.11. The number of nitrogens with zero attached hydrogens (tertiary/aromatic N) is 1. The first-order valence-electron chi connectivity index (χ1n) is 9.95. The van der Waals surface area contributed by atoms with Crippen LogP contribution in [0, 0.1) is 3.57 Å². The maximum absolute atomic E-state index is 12.3. The molecule has 3 aromatic carbocycles. The molecule has 1 heterocycles. The van der Waals surface area contributed by atoms with Gasteiger partial charge in [0.1, 0.15) is 6.61 Å². The second kappa shape index (κ2) is 10.2. The van der Waals surface area contributed by atoms with Gasteiger partial charge >= 0.3 is 5.97 Å². The van der Waals surface area contributed by atoms with Crippen LogP contribution in [-0.4, -0.2) is 18.5 Å². The molecule has 0 spiro atoms. The minimum Gasteiger partial charge on any atom is -0.490 e. The van der Waals surface area contributed by atoms with E-state index < -0.39 is 5.97 Å². The van der Waals surface area contributed by atoms with Crippen LogP contribution in [-0.2, 0) is 16.1 Å². The van der Waals surface area contributed by atoms with E-state index in [1.165, 1.54) is 0 Å². The summed E-state index contributed by atoms with van der Waals surface area (Å²) in [5.41, 5.74) is 2.63. The van der Waals surface area contributed by atoms with E-state index >= 15 is 0 Å². The van der Waals surface area contributed by atoms with E-state index in [9.17, 15) is 4.79 Å². The zero-order valence-electron chi connectivity index (χ0n) is 17.2. The van der Waals surface area contributed by atoms with Crippen molar-refractivity contribution in [2.75, 3.05) is 6.61 Å². The Morgan fingerprint density at radius 1 is 1.06 bits per heavy atom. The van der Waals surface area contributed by atoms with Crippen molar-refractivity contribution in [3.63, 3.8) is 0 Å². The van der Waals surface area contributed by atoms with Crippen LogP contribution in [0.2, 0.25) is 5.02 Å². The number of halogens is 2. The monoisotopic (exact) mass is 559 g/mol. The van der Waals surface area contributed by atoms with E-state index in [2.05, 4.69) is 27.6 Å². The molecule has 0 unspecified atom stereocenters. The van der Waals surface area contributed by atoms with Crippen molar-refractivity contribution in [3.05, 3.63) is 97.7 Å². The van der Waals surface area contributed by atoms with Gasteiger partial charge in [-0.15, -0.1) is 0 Å². The minimum absolute atomic E-state index is 0.190. The van der Waals surface area contributed by atoms with Crippen LogP contribution in [0.15, 0.2) is 77.4 Å². The van der Waals surface area contributed by atoms with E-state index in [1.54, 1.807) is 18.2 Å². The highest BCUT2D eigenvalue weighted by atomic mass is 127. The number of aliphatic imine (C=N–C) groups is 1. The minimum atomic E-state index is -0.517. The molecule has 32 heavy (non-hydrogen) atoms. The third kappa shape index (κ3) is 5.14. The molecule has 0 aliphatic carbocycles. The standard InChI is InChI=1S/C25H19ClINO4/c1-2-30-22-14-16(12-19(26)23(22)31-15-18-10-6-7-11-20(18)27)13-21-25(29)32-24(28-21)17-8-4-3-5-9-17/h3-14H,2,15H2,1H3/b21-13-. The van der Waals surface area contributed by atoms with Crippen molar-refractivity contribution in [1.29, 1.82) is 0 Å². The van der Waals surface area contributed by atoms with Gasteiger partial charge in [0.25, 0.3) is 0 Å². The number of benzene rings is 3. The SMILES string of the molecule is CCOc1cc(/C=C2\N=C(c3ccccc3)OC2=O)cc(Cl)c1OCc1ccccc1I. The molecule has 0 saturated carbocycles. The van der Waals surface area contributed by atoms with E-state index in [-0.39, 0.29) is 11.6 Å². The van der Waals surface area contributed by atoms with Gasteiger partial charge in [0.05, 0.1) is 11.6 Å². The maximum Gasteiger partial charge on any atom is 0.363 e. The molecule has 0 fully saturated rings. The molecule has 0 atom stereocenters. The predicted octanol–water partition coefficient (Wildman–Crippen LogP) is 6.27. The lowest BCUT2D eigenvalue weighted by molar-refractivity contribution is -0.129. The lowest BCUT2D eigenvalue weighted by atomic mass is 10.1. The molecule has 4 rings (SSSR count). The summed E-state index contributed by atoms with van der Waals surface area (Å²) in [6.07, 6.45) is 1.62. The van der Waals surface area contributed by atoms with Crippen molar-refractivity contribution in [3.8, 4) is 11.5 Å². The van der Waals surface area contributed by atoms with Gasteiger partial charge in [-0.25, -0.2) is 9.79 Å². The van der Waals surface area contributed by atoms with Gasteiger partial charge in [0.2, 0.25) is 5.90 Å². The highest BCUT2D eigenvalue weighted by molar-refractivity contribution is 14.1. The molecular formula is C25H19ClINO4. The Bertz CT molecular complexity index is 1210. The smallest absolute Gasteiger partial charge is 0.363 e. The van der Waals surface area contributed by atoms with Gasteiger partial charge < -0.3 is 14.2 Å². The summed E-state index contributed by atoms with van der Waals surface area (Å²) in [7, 11) is 0. The van der Waals surface area contributed by atoms with Crippen LogP contribution in [0.5, 0.6) is 11.5 Å². The van der Waals surface area contributed by atoms with Crippen molar-refractivity contribution in [1.82, 2.24) is 0 Å². The van der Waals surface area contributed by atoms with E-state index in [4.69, 9.17) is 25.8 Å². The number of carbonyl (C=O) groups is 1. The van der Waals surface area contributed by atoms with E-state index in [0.717, 1.165) is 14.7 Å². The number of carbonyl (C=O) groups excluding carboxylic acids is 1. The number of esters is 1. The third-order valence-corrected chi connectivity index (χ3v) is 5.94. The van der Waals surface area contributed by atoms with Crippen molar-refractivity contribution in [2.45, 2.75) is 13.5 Å². The number of ether oxygens (including phenoxy) is 3. The fraction of sp³-hybridized carbons (Fsp3) is 0.120. The van der Waals surface area contributed by atoms with Gasteiger partial charge in [-0.1, -0.05) is 48.0 Å². The van der Waals surface area contributed by atoms with E-state index in [0.29, 0.717) is 35.3 Å². The molecule has 162 valence electrons. The second-order valence-corrected chi connectivity index (χ2v) is 8.41. The second-order valence-electron chi connectivity index (χ2n) is 6.85. The molecule has 0 amide bonds. The van der Waals surface area contributed by atoms with Gasteiger partial charge in [0, 0.05) is 14.7 Å². The number of hydrogen-bond donors (Lipinski definition) is 0. The average molecular weight is 560 g/mol. The van der Waals surface area contributed by atoms with Gasteiger partial charge in [-0.3, -0.25) is 0 Å². The summed E-state index contributed by atoms with van der Waals surface area (Å²) in [6.45, 7) is 2.68. The maximum atomic E-state index is 12.3. The first kappa shape index (κ1) is 22.4. The zero-order valence-corrected chi connectivity index (χ0v) is 20.1. The Balaban J connectivity index is 1.62. The molecule has 0 bridgehead atoms. The van der Waals surface area contributed by atoms with Crippen LogP contribution >= 0.6 is 34.2 Å². The summed E-state index contributed by atoms with van der Waals surface area (Å²) < 4.78 is 18.2. The van der Waals surface area contributed by atoms with Crippen molar-refractivity contribution in [2.24, 2.45) is 4.99 Å². The summed E-state index contributed by atoms with van der Waals surface area (Å²) >= 11 is 8.80. The van der Waals surface area contributed by atoms with Crippen LogP contribution in [0.25, 0.3) is 6.08 Å². The Morgan fingerprint density at radius 3 is 2.56 bits per heavy atom. The molecule has 0 N–H and O–H groups in total.